The van der Waals surface area contributed by atoms with Crippen molar-refractivity contribution in [2.75, 3.05) is 20.2 Å². The Hall–Kier alpha value is -2.28. The zero-order valence-corrected chi connectivity index (χ0v) is 13.8. The predicted molar refractivity (Wildman–Crippen MR) is 86.2 cm³/mol. The molecule has 0 unspecified atom stereocenters. The van der Waals surface area contributed by atoms with E-state index in [1.54, 1.807) is 18.0 Å². The molecule has 6 nitrogen and oxygen atoms in total. The number of aromatic amines is 1. The van der Waals surface area contributed by atoms with E-state index in [1.807, 2.05) is 6.92 Å². The fourth-order valence-corrected chi connectivity index (χ4v) is 3.15. The molecule has 7 heteroatoms. The van der Waals surface area contributed by atoms with Crippen LogP contribution in [0.5, 0.6) is 0 Å². The van der Waals surface area contributed by atoms with Crippen LogP contribution in [0.2, 0.25) is 0 Å². The molecule has 1 N–H and O–H groups in total. The number of hydrogen-bond donors (Lipinski definition) is 1. The van der Waals surface area contributed by atoms with Crippen LogP contribution in [0.15, 0.2) is 24.5 Å². The lowest BCUT2D eigenvalue weighted by Crippen LogP contribution is -2.37. The highest BCUT2D eigenvalue weighted by Crippen LogP contribution is 2.29. The number of carbonyl (C=O) groups excluding carboxylic acids is 1. The molecule has 2 aromatic rings. The van der Waals surface area contributed by atoms with E-state index >= 15 is 0 Å². The van der Waals surface area contributed by atoms with Crippen molar-refractivity contribution in [3.8, 4) is 0 Å². The summed E-state index contributed by atoms with van der Waals surface area (Å²) in [7, 11) is 1.71. The Morgan fingerprint density at radius 1 is 1.50 bits per heavy atom. The Labute approximate surface area is 140 Å². The maximum Gasteiger partial charge on any atom is 0.254 e. The largest absolute Gasteiger partial charge is 0.376 e. The maximum atomic E-state index is 13.5. The van der Waals surface area contributed by atoms with Gasteiger partial charge in [0.05, 0.1) is 6.10 Å². The lowest BCUT2D eigenvalue weighted by atomic mass is 9.99. The second-order valence-electron chi connectivity index (χ2n) is 6.02. The van der Waals surface area contributed by atoms with Crippen molar-refractivity contribution in [3.63, 3.8) is 0 Å². The lowest BCUT2D eigenvalue weighted by Gasteiger charge is -2.24. The van der Waals surface area contributed by atoms with E-state index in [2.05, 4.69) is 15.2 Å². The van der Waals surface area contributed by atoms with Crippen molar-refractivity contribution in [1.29, 1.82) is 0 Å². The first-order valence-electron chi connectivity index (χ1n) is 8.11. The third-order valence-corrected chi connectivity index (χ3v) is 4.48. The molecule has 0 spiro atoms. The van der Waals surface area contributed by atoms with Crippen LogP contribution in [0.3, 0.4) is 0 Å². The minimum absolute atomic E-state index is 0.0842. The molecule has 1 aliphatic heterocycles. The van der Waals surface area contributed by atoms with Crippen molar-refractivity contribution >= 4 is 5.91 Å². The first-order chi connectivity index (χ1) is 11.6. The molecule has 1 aromatic heterocycles. The number of benzene rings is 1. The van der Waals surface area contributed by atoms with E-state index < -0.39 is 5.82 Å². The van der Waals surface area contributed by atoms with Crippen molar-refractivity contribution < 1.29 is 13.9 Å². The number of ether oxygens (including phenoxy) is 1. The van der Waals surface area contributed by atoms with Crippen LogP contribution in [0.4, 0.5) is 4.39 Å². The molecule has 0 aliphatic carbocycles. The molecule has 1 aromatic carbocycles. The van der Waals surface area contributed by atoms with Gasteiger partial charge in [-0.05, 0) is 30.5 Å². The zero-order valence-electron chi connectivity index (χ0n) is 13.8. The monoisotopic (exact) mass is 332 g/mol. The fraction of sp³-hybridized carbons (Fsp3) is 0.471. The molecular formula is C17H21FN4O2. The number of hydrogen-bond acceptors (Lipinski definition) is 4. The number of halogens is 1. The highest BCUT2D eigenvalue weighted by Gasteiger charge is 2.33. The summed E-state index contributed by atoms with van der Waals surface area (Å²) in [6.07, 6.45) is 2.84. The summed E-state index contributed by atoms with van der Waals surface area (Å²) in [4.78, 5) is 18.5. The molecule has 0 saturated carbocycles. The molecule has 0 bridgehead atoms. The van der Waals surface area contributed by atoms with E-state index in [-0.39, 0.29) is 17.9 Å². The first kappa shape index (κ1) is 16.6. The maximum absolute atomic E-state index is 13.5. The molecule has 1 aliphatic rings. The second kappa shape index (κ2) is 7.09. The summed E-state index contributed by atoms with van der Waals surface area (Å²) >= 11 is 0. The molecule has 128 valence electrons. The third kappa shape index (κ3) is 3.31. The van der Waals surface area contributed by atoms with Crippen molar-refractivity contribution in [2.45, 2.75) is 31.8 Å². The molecule has 1 saturated heterocycles. The van der Waals surface area contributed by atoms with E-state index in [0.29, 0.717) is 25.1 Å². The number of nitrogens with zero attached hydrogens (tertiary/aromatic N) is 3. The van der Waals surface area contributed by atoms with Gasteiger partial charge in [0.15, 0.2) is 0 Å². The quantitative estimate of drug-likeness (QED) is 0.911. The fourth-order valence-electron chi connectivity index (χ4n) is 3.15. The number of nitrogens with one attached hydrogen (secondary N) is 1. The van der Waals surface area contributed by atoms with Crippen molar-refractivity contribution in [1.82, 2.24) is 20.1 Å². The zero-order chi connectivity index (χ0) is 17.1. The molecule has 1 amide bonds. The van der Waals surface area contributed by atoms with Gasteiger partial charge in [-0.2, -0.15) is 5.10 Å². The Morgan fingerprint density at radius 2 is 2.33 bits per heavy atom. The van der Waals surface area contributed by atoms with Crippen LogP contribution in [0.1, 0.15) is 41.0 Å². The van der Waals surface area contributed by atoms with Crippen LogP contribution >= 0.6 is 0 Å². The molecule has 24 heavy (non-hydrogen) atoms. The average Bonchev–Trinajstić information content (AvgIpc) is 3.25. The van der Waals surface area contributed by atoms with Gasteiger partial charge in [0, 0.05) is 31.7 Å². The smallest absolute Gasteiger partial charge is 0.254 e. The normalized spacial score (nSPS) is 20.3. The SMILES string of the molecule is CCc1ccc(F)cc1C(=O)N(C)C[C@H]1OCC[C@H]1c1ncn[nH]1. The summed E-state index contributed by atoms with van der Waals surface area (Å²) in [6, 6.07) is 4.36. The van der Waals surface area contributed by atoms with Crippen molar-refractivity contribution in [3.05, 3.63) is 47.3 Å². The number of rotatable bonds is 5. The number of likely N-dealkylation sites (N-methyl/N-ethyl adjacent to an activating group) is 1. The Morgan fingerprint density at radius 3 is 3.04 bits per heavy atom. The van der Waals surface area contributed by atoms with E-state index in [9.17, 15) is 9.18 Å². The van der Waals surface area contributed by atoms with Gasteiger partial charge in [0.1, 0.15) is 18.0 Å². The van der Waals surface area contributed by atoms with E-state index in [1.165, 1.54) is 18.5 Å². The molecule has 2 atom stereocenters. The molecule has 1 fully saturated rings. The van der Waals surface area contributed by atoms with Gasteiger partial charge in [0.2, 0.25) is 0 Å². The third-order valence-electron chi connectivity index (χ3n) is 4.48. The Kier molecular flexibility index (Phi) is 4.89. The summed E-state index contributed by atoms with van der Waals surface area (Å²) in [5.74, 6) is 0.262. The van der Waals surface area contributed by atoms with Gasteiger partial charge in [-0.15, -0.1) is 0 Å². The average molecular weight is 332 g/mol. The van der Waals surface area contributed by atoms with Crippen LogP contribution < -0.4 is 0 Å². The molecular weight excluding hydrogens is 311 g/mol. The molecule has 0 radical (unpaired) electrons. The van der Waals surface area contributed by atoms with Crippen molar-refractivity contribution in [2.24, 2.45) is 0 Å². The van der Waals surface area contributed by atoms with Crippen LogP contribution in [-0.2, 0) is 11.2 Å². The predicted octanol–water partition coefficient (Wildman–Crippen LogP) is 2.15. The summed E-state index contributed by atoms with van der Waals surface area (Å²) in [6.45, 7) is 2.99. The number of H-pyrrole nitrogens is 1. The summed E-state index contributed by atoms with van der Waals surface area (Å²) in [5, 5.41) is 6.76. The topological polar surface area (TPSA) is 71.1 Å². The summed E-state index contributed by atoms with van der Waals surface area (Å²) < 4.78 is 19.3. The van der Waals surface area contributed by atoms with Gasteiger partial charge in [-0.25, -0.2) is 9.37 Å². The second-order valence-corrected chi connectivity index (χ2v) is 6.02. The summed E-state index contributed by atoms with van der Waals surface area (Å²) in [5.41, 5.74) is 1.25. The van der Waals surface area contributed by atoms with Crippen LogP contribution in [0.25, 0.3) is 0 Å². The van der Waals surface area contributed by atoms with Gasteiger partial charge >= 0.3 is 0 Å². The number of carbonyl (C=O) groups is 1. The van der Waals surface area contributed by atoms with Gasteiger partial charge in [-0.1, -0.05) is 13.0 Å². The van der Waals surface area contributed by atoms with Gasteiger partial charge in [0.25, 0.3) is 5.91 Å². The first-order valence-corrected chi connectivity index (χ1v) is 8.11. The lowest BCUT2D eigenvalue weighted by molar-refractivity contribution is 0.0549. The minimum atomic E-state index is -0.402. The van der Waals surface area contributed by atoms with Gasteiger partial charge in [-0.3, -0.25) is 9.89 Å². The standard InChI is InChI=1S/C17H21FN4O2/c1-3-11-4-5-12(18)8-14(11)17(23)22(2)9-15-13(6-7-24-15)16-19-10-20-21-16/h4-5,8,10,13,15H,3,6-7,9H2,1-2H3,(H,19,20,21)/t13-,15-/m1/s1. The Balaban J connectivity index is 1.73. The highest BCUT2D eigenvalue weighted by atomic mass is 19.1. The Bertz CT molecular complexity index is 705. The van der Waals surface area contributed by atoms with Crippen LogP contribution in [-0.4, -0.2) is 52.3 Å². The number of aromatic nitrogens is 3. The number of aryl methyl sites for hydroxylation is 1. The molecule has 3 rings (SSSR count). The van der Waals surface area contributed by atoms with E-state index in [4.69, 9.17) is 4.74 Å². The van der Waals surface area contributed by atoms with E-state index in [0.717, 1.165) is 17.8 Å². The minimum Gasteiger partial charge on any atom is -0.376 e. The highest BCUT2D eigenvalue weighted by molar-refractivity contribution is 5.95. The van der Waals surface area contributed by atoms with Crippen LogP contribution in [0, 0.1) is 5.82 Å². The molecule has 2 heterocycles. The van der Waals surface area contributed by atoms with Gasteiger partial charge < -0.3 is 9.64 Å². The number of amides is 1.